The van der Waals surface area contributed by atoms with E-state index in [1.807, 2.05) is 0 Å². The number of carbonyl (C=O) groups is 2. The minimum atomic E-state index is -4.54. The van der Waals surface area contributed by atoms with E-state index in [0.717, 1.165) is 17.8 Å². The molecule has 1 aromatic rings. The molecule has 1 aliphatic heterocycles. The summed E-state index contributed by atoms with van der Waals surface area (Å²) in [6.45, 7) is 1.73. The van der Waals surface area contributed by atoms with Gasteiger partial charge in [-0.05, 0) is 25.1 Å². The van der Waals surface area contributed by atoms with Gasteiger partial charge in [0.15, 0.2) is 0 Å². The second kappa shape index (κ2) is 7.52. The molecule has 0 atom stereocenters. The van der Waals surface area contributed by atoms with Crippen LogP contribution in [0.15, 0.2) is 38.8 Å². The summed E-state index contributed by atoms with van der Waals surface area (Å²) in [6, 6.07) is 3.49. The summed E-state index contributed by atoms with van der Waals surface area (Å²) < 4.78 is 43.6. The Morgan fingerprint density at radius 1 is 1.46 bits per heavy atom. The van der Waals surface area contributed by atoms with Crippen molar-refractivity contribution in [1.82, 2.24) is 0 Å². The SMILES string of the molecule is CCOC(=O)C1=C(C=O)CSC1=Nc1ccc(Br)c(C(F)(F)F)c1. The zero-order valence-electron chi connectivity index (χ0n) is 12.3. The molecule has 0 radical (unpaired) electrons. The van der Waals surface area contributed by atoms with E-state index in [2.05, 4.69) is 20.9 Å². The third kappa shape index (κ3) is 4.07. The minimum Gasteiger partial charge on any atom is -0.462 e. The van der Waals surface area contributed by atoms with Crippen LogP contribution in [0.5, 0.6) is 0 Å². The number of hydrogen-bond acceptors (Lipinski definition) is 5. The fraction of sp³-hybridized carbons (Fsp3) is 0.267. The van der Waals surface area contributed by atoms with Crippen molar-refractivity contribution in [2.24, 2.45) is 4.99 Å². The Morgan fingerprint density at radius 3 is 2.75 bits per heavy atom. The lowest BCUT2D eigenvalue weighted by molar-refractivity contribution is -0.138. The normalized spacial score (nSPS) is 16.6. The van der Waals surface area contributed by atoms with Gasteiger partial charge in [-0.1, -0.05) is 15.9 Å². The topological polar surface area (TPSA) is 55.7 Å². The molecule has 0 fully saturated rings. The molecule has 2 rings (SSSR count). The highest BCUT2D eigenvalue weighted by molar-refractivity contribution is 9.10. The number of benzene rings is 1. The second-order valence-electron chi connectivity index (χ2n) is 4.61. The summed E-state index contributed by atoms with van der Waals surface area (Å²) in [4.78, 5) is 27.1. The molecule has 0 N–H and O–H groups in total. The van der Waals surface area contributed by atoms with Crippen molar-refractivity contribution in [3.05, 3.63) is 39.4 Å². The van der Waals surface area contributed by atoms with Crippen LogP contribution >= 0.6 is 27.7 Å². The first-order valence-electron chi connectivity index (χ1n) is 6.72. The van der Waals surface area contributed by atoms with Gasteiger partial charge in [0.1, 0.15) is 11.3 Å². The summed E-state index contributed by atoms with van der Waals surface area (Å²) in [6.07, 6.45) is -4.00. The molecule has 0 aliphatic carbocycles. The number of ether oxygens (including phenoxy) is 1. The molecule has 9 heteroatoms. The van der Waals surface area contributed by atoms with E-state index in [9.17, 15) is 22.8 Å². The van der Waals surface area contributed by atoms with Gasteiger partial charge in [-0.15, -0.1) is 11.8 Å². The van der Waals surface area contributed by atoms with E-state index in [1.165, 1.54) is 12.1 Å². The predicted octanol–water partition coefficient (Wildman–Crippen LogP) is 4.30. The fourth-order valence-electron chi connectivity index (χ4n) is 1.95. The number of aliphatic imine (C=N–C) groups is 1. The Labute approximate surface area is 148 Å². The van der Waals surface area contributed by atoms with E-state index in [1.54, 1.807) is 6.92 Å². The summed E-state index contributed by atoms with van der Waals surface area (Å²) >= 11 is 3.95. The number of esters is 1. The van der Waals surface area contributed by atoms with Gasteiger partial charge < -0.3 is 4.74 Å². The van der Waals surface area contributed by atoms with Gasteiger partial charge in [0, 0.05) is 15.8 Å². The first kappa shape index (κ1) is 18.7. The zero-order valence-corrected chi connectivity index (χ0v) is 14.7. The van der Waals surface area contributed by atoms with Gasteiger partial charge in [-0.25, -0.2) is 9.79 Å². The molecular weight excluding hydrogens is 411 g/mol. The standard InChI is InChI=1S/C15H11BrF3NO3S/c1-2-23-14(22)12-8(6-21)7-24-13(12)20-9-3-4-11(16)10(5-9)15(17,18)19/h3-6H,2,7H2,1H3. The van der Waals surface area contributed by atoms with Crippen LogP contribution in [0.4, 0.5) is 18.9 Å². The van der Waals surface area contributed by atoms with E-state index in [0.29, 0.717) is 6.29 Å². The van der Waals surface area contributed by atoms with Crippen molar-refractivity contribution in [3.8, 4) is 0 Å². The third-order valence-electron chi connectivity index (χ3n) is 3.01. The van der Waals surface area contributed by atoms with Gasteiger partial charge in [0.2, 0.25) is 0 Å². The third-order valence-corrected chi connectivity index (χ3v) is 4.72. The summed E-state index contributed by atoms with van der Waals surface area (Å²) in [5, 5.41) is 0.172. The van der Waals surface area contributed by atoms with Crippen molar-refractivity contribution in [1.29, 1.82) is 0 Å². The molecule has 1 aliphatic rings. The van der Waals surface area contributed by atoms with E-state index in [4.69, 9.17) is 4.74 Å². The molecule has 0 saturated carbocycles. The second-order valence-corrected chi connectivity index (χ2v) is 6.42. The van der Waals surface area contributed by atoms with Gasteiger partial charge >= 0.3 is 12.1 Å². The van der Waals surface area contributed by atoms with E-state index >= 15 is 0 Å². The molecule has 0 unspecified atom stereocenters. The molecule has 0 amide bonds. The number of alkyl halides is 3. The number of thioether (sulfide) groups is 1. The minimum absolute atomic E-state index is 0.00771. The molecule has 0 spiro atoms. The first-order chi connectivity index (χ1) is 11.3. The Bertz CT molecular complexity index is 744. The molecule has 0 saturated heterocycles. The van der Waals surface area contributed by atoms with Gasteiger partial charge in [-0.3, -0.25) is 4.79 Å². The average Bonchev–Trinajstić information content (AvgIpc) is 2.91. The lowest BCUT2D eigenvalue weighted by Gasteiger charge is -2.10. The lowest BCUT2D eigenvalue weighted by Crippen LogP contribution is -2.13. The molecule has 1 heterocycles. The maximum atomic E-state index is 13.0. The maximum absolute atomic E-state index is 13.0. The molecule has 1 aromatic carbocycles. The molecule has 4 nitrogen and oxygen atoms in total. The molecular formula is C15H11BrF3NO3S. The number of carbonyl (C=O) groups excluding carboxylic acids is 2. The van der Waals surface area contributed by atoms with Crippen molar-refractivity contribution >= 4 is 50.7 Å². The highest BCUT2D eigenvalue weighted by Crippen LogP contribution is 2.38. The van der Waals surface area contributed by atoms with Crippen molar-refractivity contribution in [3.63, 3.8) is 0 Å². The van der Waals surface area contributed by atoms with Crippen molar-refractivity contribution in [2.45, 2.75) is 13.1 Å². The van der Waals surface area contributed by atoms with Gasteiger partial charge in [0.25, 0.3) is 0 Å². The van der Waals surface area contributed by atoms with Crippen LogP contribution in [0.3, 0.4) is 0 Å². The maximum Gasteiger partial charge on any atom is 0.417 e. The molecule has 128 valence electrons. The Hall–Kier alpha value is -1.61. The van der Waals surface area contributed by atoms with Gasteiger partial charge in [-0.2, -0.15) is 13.2 Å². The molecule has 0 bridgehead atoms. The van der Waals surface area contributed by atoms with Gasteiger partial charge in [0.05, 0.1) is 23.4 Å². The van der Waals surface area contributed by atoms with Crippen LogP contribution in [0.1, 0.15) is 12.5 Å². The Kier molecular flexibility index (Phi) is 5.87. The van der Waals surface area contributed by atoms with Crippen LogP contribution in [0.2, 0.25) is 0 Å². The van der Waals surface area contributed by atoms with E-state index < -0.39 is 17.7 Å². The monoisotopic (exact) mass is 421 g/mol. The number of rotatable bonds is 4. The largest absolute Gasteiger partial charge is 0.462 e. The van der Waals surface area contributed by atoms with Crippen molar-refractivity contribution < 1.29 is 27.5 Å². The van der Waals surface area contributed by atoms with Crippen LogP contribution in [-0.4, -0.2) is 29.7 Å². The van der Waals surface area contributed by atoms with E-state index in [-0.39, 0.29) is 38.7 Å². The molecule has 0 aromatic heterocycles. The first-order valence-corrected chi connectivity index (χ1v) is 8.49. The molecule has 24 heavy (non-hydrogen) atoms. The predicted molar refractivity (Wildman–Crippen MR) is 88.4 cm³/mol. The van der Waals surface area contributed by atoms with Crippen LogP contribution < -0.4 is 0 Å². The fourth-order valence-corrected chi connectivity index (χ4v) is 3.45. The summed E-state index contributed by atoms with van der Waals surface area (Å²) in [7, 11) is 0. The summed E-state index contributed by atoms with van der Waals surface area (Å²) in [5.41, 5.74) is -0.620. The Balaban J connectivity index is 2.46. The van der Waals surface area contributed by atoms with Crippen LogP contribution in [0, 0.1) is 0 Å². The lowest BCUT2D eigenvalue weighted by atomic mass is 10.1. The number of halogens is 4. The highest BCUT2D eigenvalue weighted by Gasteiger charge is 2.33. The zero-order chi connectivity index (χ0) is 17.9. The average molecular weight is 422 g/mol. The number of nitrogens with zero attached hydrogens (tertiary/aromatic N) is 1. The van der Waals surface area contributed by atoms with Crippen LogP contribution in [-0.2, 0) is 20.5 Å². The highest BCUT2D eigenvalue weighted by atomic mass is 79.9. The smallest absolute Gasteiger partial charge is 0.417 e. The quantitative estimate of drug-likeness (QED) is 0.537. The van der Waals surface area contributed by atoms with Crippen molar-refractivity contribution in [2.75, 3.05) is 12.4 Å². The number of hydrogen-bond donors (Lipinski definition) is 0. The Morgan fingerprint density at radius 2 is 2.17 bits per heavy atom. The summed E-state index contributed by atoms with van der Waals surface area (Å²) in [5.74, 6) is -0.490. The van der Waals surface area contributed by atoms with Crippen LogP contribution in [0.25, 0.3) is 0 Å². The number of aldehydes is 1.